The molecule has 0 spiro atoms. The molecule has 0 aliphatic carbocycles. The van der Waals surface area contributed by atoms with Crippen LogP contribution in [0.3, 0.4) is 0 Å². The second-order valence-electron chi connectivity index (χ2n) is 9.95. The monoisotopic (exact) mass is 612 g/mol. The van der Waals surface area contributed by atoms with Crippen LogP contribution in [-0.4, -0.2) is 33.4 Å². The van der Waals surface area contributed by atoms with Crippen LogP contribution < -0.4 is 11.3 Å². The molecule has 40 heavy (non-hydrogen) atoms. The zero-order chi connectivity index (χ0) is 28.7. The van der Waals surface area contributed by atoms with Gasteiger partial charge in [-0.2, -0.15) is 0 Å². The maximum absolute atomic E-state index is 14.4. The van der Waals surface area contributed by atoms with Gasteiger partial charge in [-0.05, 0) is 70.7 Å². The molecule has 2 N–H and O–H groups in total. The second kappa shape index (κ2) is 11.0. The second-order valence-corrected chi connectivity index (χ2v) is 10.9. The number of aromatic nitrogens is 2. The van der Waals surface area contributed by atoms with Crippen LogP contribution in [0.15, 0.2) is 66.8 Å². The van der Waals surface area contributed by atoms with Crippen molar-refractivity contribution in [3.63, 3.8) is 0 Å². The Morgan fingerprint density at radius 3 is 2.60 bits per heavy atom. The first-order valence-corrected chi connectivity index (χ1v) is 13.5. The number of amides is 1. The molecule has 0 unspecified atom stereocenters. The van der Waals surface area contributed by atoms with E-state index in [0.29, 0.717) is 26.8 Å². The Bertz CT molecular complexity index is 1790. The number of aryl methyl sites for hydroxylation is 1. The van der Waals surface area contributed by atoms with E-state index in [-0.39, 0.29) is 48.0 Å². The third kappa shape index (κ3) is 5.06. The number of fused-ring (bicyclic) bond motifs is 3. The molecule has 0 aliphatic rings. The fourth-order valence-electron chi connectivity index (χ4n) is 4.88. The van der Waals surface area contributed by atoms with Gasteiger partial charge in [-0.1, -0.05) is 19.9 Å². The van der Waals surface area contributed by atoms with Gasteiger partial charge in [0.25, 0.3) is 11.5 Å². The Morgan fingerprint density at radius 1 is 1.18 bits per heavy atom. The summed E-state index contributed by atoms with van der Waals surface area (Å²) in [5.74, 6) is -1.05. The van der Waals surface area contributed by atoms with Crippen LogP contribution in [0, 0.1) is 24.5 Å². The van der Waals surface area contributed by atoms with Crippen LogP contribution >= 0.6 is 15.9 Å². The van der Waals surface area contributed by atoms with Gasteiger partial charge in [-0.25, -0.2) is 13.8 Å². The van der Waals surface area contributed by atoms with E-state index in [0.717, 1.165) is 0 Å². The number of carbonyl (C=O) groups excluding carboxylic acids is 1. The molecule has 0 fully saturated rings. The largest absolute Gasteiger partial charge is 0.466 e. The lowest BCUT2D eigenvalue weighted by Gasteiger charge is -2.35. The van der Waals surface area contributed by atoms with Crippen molar-refractivity contribution in [3.8, 4) is 0 Å². The van der Waals surface area contributed by atoms with E-state index in [4.69, 9.17) is 19.6 Å². The summed E-state index contributed by atoms with van der Waals surface area (Å²) in [4.78, 5) is 34.1. The van der Waals surface area contributed by atoms with E-state index in [2.05, 4.69) is 15.9 Å². The van der Waals surface area contributed by atoms with Crippen molar-refractivity contribution >= 4 is 43.9 Å². The molecule has 208 valence electrons. The number of nitrogens with zero attached hydrogens (tertiary/aromatic N) is 3. The summed E-state index contributed by atoms with van der Waals surface area (Å²) in [7, 11) is 0. The standard InChI is InChI=1S/C29H27BrF2N4O4/c1-15(2)25(35(9-8-33)28(37)17-5-4-16(3)22(32)10-17)27-34-24-21-12-19(31)6-7-23(21)40-26(24)29(38)36(27)13-20-11-18(30)14-39-20/h4-7,10-12,14-15,25H,8-9,13,33H2,1-3H3/t25-/m1/s1. The Balaban J connectivity index is 1.76. The molecular formula is C29H27BrF2N4O4. The van der Waals surface area contributed by atoms with E-state index < -0.39 is 29.1 Å². The molecule has 0 saturated heterocycles. The number of furan rings is 2. The minimum absolute atomic E-state index is 0.0127. The van der Waals surface area contributed by atoms with Gasteiger partial charge in [0.15, 0.2) is 0 Å². The van der Waals surface area contributed by atoms with E-state index >= 15 is 0 Å². The van der Waals surface area contributed by atoms with Gasteiger partial charge in [0.05, 0.1) is 17.1 Å². The van der Waals surface area contributed by atoms with Gasteiger partial charge in [0.2, 0.25) is 5.58 Å². The van der Waals surface area contributed by atoms with Gasteiger partial charge >= 0.3 is 0 Å². The molecule has 1 amide bonds. The smallest absolute Gasteiger partial charge is 0.297 e. The van der Waals surface area contributed by atoms with Crippen LogP contribution in [0.1, 0.15) is 47.4 Å². The summed E-state index contributed by atoms with van der Waals surface area (Å²) in [5, 5.41) is 0.334. The molecule has 1 atom stereocenters. The molecule has 5 aromatic rings. The van der Waals surface area contributed by atoms with E-state index in [1.54, 1.807) is 19.1 Å². The zero-order valence-corrected chi connectivity index (χ0v) is 23.7. The number of nitrogens with two attached hydrogens (primary N) is 1. The Kier molecular flexibility index (Phi) is 7.61. The molecule has 3 heterocycles. The minimum atomic E-state index is -0.769. The Labute approximate surface area is 236 Å². The fourth-order valence-corrected chi connectivity index (χ4v) is 5.23. The normalized spacial score (nSPS) is 12.5. The molecule has 8 nitrogen and oxygen atoms in total. The predicted octanol–water partition coefficient (Wildman–Crippen LogP) is 5.93. The summed E-state index contributed by atoms with van der Waals surface area (Å²) >= 11 is 3.36. The highest BCUT2D eigenvalue weighted by atomic mass is 79.9. The third-order valence-electron chi connectivity index (χ3n) is 6.78. The molecule has 0 saturated carbocycles. The van der Waals surface area contributed by atoms with Gasteiger partial charge < -0.3 is 19.5 Å². The molecule has 0 radical (unpaired) electrons. The number of hydrogen-bond donors (Lipinski definition) is 1. The van der Waals surface area contributed by atoms with Gasteiger partial charge in [0, 0.05) is 24.0 Å². The summed E-state index contributed by atoms with van der Waals surface area (Å²) in [6.45, 7) is 5.59. The average molecular weight is 613 g/mol. The number of benzene rings is 2. The van der Waals surface area contributed by atoms with Crippen molar-refractivity contribution in [2.24, 2.45) is 11.7 Å². The average Bonchev–Trinajstić information content (AvgIpc) is 3.49. The predicted molar refractivity (Wildman–Crippen MR) is 150 cm³/mol. The summed E-state index contributed by atoms with van der Waals surface area (Å²) in [6.07, 6.45) is 1.49. The highest BCUT2D eigenvalue weighted by Gasteiger charge is 2.34. The molecule has 5 rings (SSSR count). The van der Waals surface area contributed by atoms with E-state index in [1.807, 2.05) is 13.8 Å². The summed E-state index contributed by atoms with van der Waals surface area (Å²) < 4.78 is 42.2. The molecule has 3 aromatic heterocycles. The lowest BCUT2D eigenvalue weighted by Crippen LogP contribution is -2.43. The fraction of sp³-hybridized carbons (Fsp3) is 0.276. The van der Waals surface area contributed by atoms with Gasteiger partial charge in [-0.3, -0.25) is 14.2 Å². The Hall–Kier alpha value is -3.83. The van der Waals surface area contributed by atoms with Crippen molar-refractivity contribution in [1.29, 1.82) is 0 Å². The topological polar surface area (TPSA) is 108 Å². The highest BCUT2D eigenvalue weighted by molar-refractivity contribution is 9.10. The number of rotatable bonds is 8. The van der Waals surface area contributed by atoms with Gasteiger partial charge in [0.1, 0.15) is 40.6 Å². The quantitative estimate of drug-likeness (QED) is 0.233. The van der Waals surface area contributed by atoms with Crippen molar-refractivity contribution in [2.75, 3.05) is 13.1 Å². The summed E-state index contributed by atoms with van der Waals surface area (Å²) in [5.41, 5.74) is 6.41. The van der Waals surface area contributed by atoms with Crippen molar-refractivity contribution in [1.82, 2.24) is 14.5 Å². The molecule has 0 bridgehead atoms. The van der Waals surface area contributed by atoms with Crippen LogP contribution in [0.25, 0.3) is 22.1 Å². The third-order valence-corrected chi connectivity index (χ3v) is 7.20. The lowest BCUT2D eigenvalue weighted by atomic mass is 9.99. The van der Waals surface area contributed by atoms with E-state index in [9.17, 15) is 18.4 Å². The van der Waals surface area contributed by atoms with Crippen molar-refractivity contribution < 1.29 is 22.4 Å². The number of halogens is 3. The lowest BCUT2D eigenvalue weighted by molar-refractivity contribution is 0.0611. The zero-order valence-electron chi connectivity index (χ0n) is 22.1. The SMILES string of the molecule is Cc1ccc(C(=O)N(CCN)[C@@H](c2nc3c(oc4ccc(F)cc43)c(=O)n2Cc2cc(Br)co2)C(C)C)cc1F. The van der Waals surface area contributed by atoms with Crippen molar-refractivity contribution in [3.05, 3.63) is 97.9 Å². The number of carbonyl (C=O) groups is 1. The first-order valence-electron chi connectivity index (χ1n) is 12.7. The summed E-state index contributed by atoms with van der Waals surface area (Å²) in [6, 6.07) is 9.17. The molecule has 11 heteroatoms. The first kappa shape index (κ1) is 27.7. The maximum Gasteiger partial charge on any atom is 0.297 e. The number of hydrogen-bond acceptors (Lipinski definition) is 6. The minimum Gasteiger partial charge on any atom is -0.466 e. The van der Waals surface area contributed by atoms with Crippen LogP contribution in [0.4, 0.5) is 8.78 Å². The molecule has 0 aliphatic heterocycles. The molecule has 2 aromatic carbocycles. The van der Waals surface area contributed by atoms with E-state index in [1.165, 1.54) is 46.1 Å². The highest BCUT2D eigenvalue weighted by Crippen LogP contribution is 2.33. The van der Waals surface area contributed by atoms with Crippen LogP contribution in [-0.2, 0) is 6.54 Å². The first-order chi connectivity index (χ1) is 19.1. The van der Waals surface area contributed by atoms with Crippen molar-refractivity contribution in [2.45, 2.75) is 33.4 Å². The van der Waals surface area contributed by atoms with Crippen LogP contribution in [0.2, 0.25) is 0 Å². The molecular weight excluding hydrogens is 586 g/mol. The van der Waals surface area contributed by atoms with Crippen LogP contribution in [0.5, 0.6) is 0 Å². The Morgan fingerprint density at radius 2 is 1.95 bits per heavy atom. The maximum atomic E-state index is 14.4. The van der Waals surface area contributed by atoms with Gasteiger partial charge in [-0.15, -0.1) is 0 Å².